The summed E-state index contributed by atoms with van der Waals surface area (Å²) in [4.78, 5) is 55.2. The zero-order valence-electron chi connectivity index (χ0n) is 42.1. The van der Waals surface area contributed by atoms with Crippen molar-refractivity contribution in [3.05, 3.63) is 215 Å². The average Bonchev–Trinajstić information content (AvgIpc) is 4.05. The summed E-state index contributed by atoms with van der Waals surface area (Å²) in [5, 5.41) is 0. The van der Waals surface area contributed by atoms with Crippen LogP contribution in [0.15, 0.2) is 160 Å². The molecule has 13 rings (SSSR count). The van der Waals surface area contributed by atoms with Crippen molar-refractivity contribution in [3.8, 4) is 33.4 Å². The van der Waals surface area contributed by atoms with Crippen LogP contribution < -0.4 is 9.80 Å². The van der Waals surface area contributed by atoms with E-state index in [1.807, 2.05) is 9.80 Å². The quantitative estimate of drug-likeness (QED) is 0.119. The van der Waals surface area contributed by atoms with Gasteiger partial charge in [-0.2, -0.15) is 0 Å². The molecule has 6 aromatic carbocycles. The number of hydrogen-bond acceptors (Lipinski definition) is 14. The number of rotatable bonds is 10. The van der Waals surface area contributed by atoms with Crippen LogP contribution in [0, 0.1) is 0 Å². The van der Waals surface area contributed by atoms with Crippen LogP contribution in [-0.4, -0.2) is 59.8 Å². The molecule has 0 saturated carbocycles. The van der Waals surface area contributed by atoms with Crippen LogP contribution in [0.3, 0.4) is 0 Å². The lowest BCUT2D eigenvalue weighted by molar-refractivity contribution is 0.660. The van der Waals surface area contributed by atoms with Crippen molar-refractivity contribution in [2.75, 3.05) is 9.80 Å². The van der Waals surface area contributed by atoms with Gasteiger partial charge < -0.3 is 0 Å². The molecule has 3 aliphatic carbocycles. The smallest absolute Gasteiger partial charge is 0.240 e. The van der Waals surface area contributed by atoms with Crippen molar-refractivity contribution < 1.29 is 0 Å². The van der Waals surface area contributed by atoms with Crippen molar-refractivity contribution in [2.45, 2.75) is 57.8 Å². The second-order valence-electron chi connectivity index (χ2n) is 20.6. The van der Waals surface area contributed by atoms with E-state index in [0.29, 0.717) is 23.8 Å². The number of fused-ring (bicyclic) bond motifs is 9. The van der Waals surface area contributed by atoms with Crippen LogP contribution in [0.1, 0.15) is 97.2 Å². The Morgan fingerprint density at radius 3 is 0.733 bits per heavy atom. The van der Waals surface area contributed by atoms with Crippen LogP contribution in [0.2, 0.25) is 0 Å². The monoisotopic (exact) mass is 976 g/mol. The molecule has 0 bridgehead atoms. The summed E-state index contributed by atoms with van der Waals surface area (Å²) in [6.07, 6.45) is 20.7. The Bertz CT molecular complexity index is 3600. The SMILES string of the molecule is CC1(C)c2cc(C=Cc3ccc4c(c3)C(C)(C)c3cc(N(c5ncncn5)c5ncncn5)ccc3-4)ccc2-c2ccc(C=Cc3ccc4c(c3)C(C)(C)c3cc(N(c5ncncn5)c5ncncn5)ccc3-4)cc21. The van der Waals surface area contributed by atoms with Gasteiger partial charge in [-0.3, -0.25) is 0 Å². The van der Waals surface area contributed by atoms with E-state index in [-0.39, 0.29) is 16.2 Å². The third-order valence-electron chi connectivity index (χ3n) is 15.3. The molecule has 14 nitrogen and oxygen atoms in total. The first kappa shape index (κ1) is 45.3. The molecule has 0 saturated heterocycles. The maximum atomic E-state index is 4.43. The van der Waals surface area contributed by atoms with E-state index in [1.54, 1.807) is 0 Å². The Balaban J connectivity index is 0.731. The molecule has 0 unspecified atom stereocenters. The van der Waals surface area contributed by atoms with Crippen LogP contribution in [-0.2, 0) is 16.2 Å². The molecule has 4 heterocycles. The van der Waals surface area contributed by atoms with Gasteiger partial charge >= 0.3 is 0 Å². The zero-order chi connectivity index (χ0) is 51.1. The fraction of sp³-hybridized carbons (Fsp3) is 0.148. The number of anilines is 6. The summed E-state index contributed by atoms with van der Waals surface area (Å²) in [6.45, 7) is 13.8. The van der Waals surface area contributed by atoms with E-state index in [4.69, 9.17) is 0 Å². The lowest BCUT2D eigenvalue weighted by Gasteiger charge is -2.25. The molecule has 75 heavy (non-hydrogen) atoms. The molecule has 14 heteroatoms. The molecular weight excluding hydrogens is 929 g/mol. The minimum atomic E-state index is -0.276. The summed E-state index contributed by atoms with van der Waals surface area (Å²) in [7, 11) is 0. The topological polar surface area (TPSA) is 161 Å². The van der Waals surface area contributed by atoms with Crippen molar-refractivity contribution in [3.63, 3.8) is 0 Å². The van der Waals surface area contributed by atoms with Gasteiger partial charge in [-0.1, -0.05) is 151 Å². The Labute approximate surface area is 433 Å². The van der Waals surface area contributed by atoms with Gasteiger partial charge in [0.05, 0.1) is 11.4 Å². The molecule has 0 radical (unpaired) electrons. The Morgan fingerprint density at radius 2 is 0.493 bits per heavy atom. The zero-order valence-corrected chi connectivity index (χ0v) is 42.1. The Morgan fingerprint density at radius 1 is 0.280 bits per heavy atom. The highest BCUT2D eigenvalue weighted by Gasteiger charge is 2.39. The van der Waals surface area contributed by atoms with Gasteiger partial charge in [0.25, 0.3) is 0 Å². The van der Waals surface area contributed by atoms with Gasteiger partial charge in [0.15, 0.2) is 0 Å². The predicted molar refractivity (Wildman–Crippen MR) is 293 cm³/mol. The first-order valence-corrected chi connectivity index (χ1v) is 24.8. The minimum absolute atomic E-state index is 0.186. The lowest BCUT2D eigenvalue weighted by atomic mass is 9.81. The molecule has 0 N–H and O–H groups in total. The third kappa shape index (κ3) is 7.55. The van der Waals surface area contributed by atoms with Crippen molar-refractivity contribution in [2.24, 2.45) is 0 Å². The highest BCUT2D eigenvalue weighted by atomic mass is 15.4. The fourth-order valence-electron chi connectivity index (χ4n) is 11.4. The number of hydrogen-bond donors (Lipinski definition) is 0. The van der Waals surface area contributed by atoms with Crippen molar-refractivity contribution in [1.82, 2.24) is 59.8 Å². The van der Waals surface area contributed by atoms with E-state index < -0.39 is 0 Å². The highest BCUT2D eigenvalue weighted by molar-refractivity contribution is 5.89. The van der Waals surface area contributed by atoms with Gasteiger partial charge in [-0.05, 0) is 113 Å². The standard InChI is InChI=1S/C61H48N14/c1-59(2)49-23-37(7-9-39-13-19-45-47-21-15-41(27-53(47)60(3,4)51(45)25-39)74(55-66-29-62-30-67-55)56-68-31-63-32-69-56)11-17-43(49)44-18-12-38(24-50(44)59)8-10-40-14-20-46-48-22-16-42(28-54(48)61(5,6)52(46)26-40)75(57-70-33-64-34-71-57)58-72-35-65-36-73-58/h7-36H,1-6H3. The molecule has 0 atom stereocenters. The van der Waals surface area contributed by atoms with E-state index in [9.17, 15) is 0 Å². The first-order chi connectivity index (χ1) is 36.4. The average molecular weight is 977 g/mol. The first-order valence-electron chi connectivity index (χ1n) is 24.8. The number of aromatic nitrogens is 12. The van der Waals surface area contributed by atoms with Crippen LogP contribution in [0.5, 0.6) is 0 Å². The van der Waals surface area contributed by atoms with E-state index in [2.05, 4.69) is 235 Å². The predicted octanol–water partition coefficient (Wildman–Crippen LogP) is 12.6. The van der Waals surface area contributed by atoms with Crippen LogP contribution in [0.4, 0.5) is 35.2 Å². The van der Waals surface area contributed by atoms with Gasteiger partial charge in [-0.15, -0.1) is 0 Å². The lowest BCUT2D eigenvalue weighted by Crippen LogP contribution is -2.19. The molecule has 0 aliphatic heterocycles. The van der Waals surface area contributed by atoms with Gasteiger partial charge in [0.1, 0.15) is 50.6 Å². The van der Waals surface area contributed by atoms with Crippen molar-refractivity contribution in [1.29, 1.82) is 0 Å². The molecule has 3 aliphatic rings. The normalized spacial score (nSPS) is 14.7. The second kappa shape index (κ2) is 17.3. The molecule has 0 spiro atoms. The largest absolute Gasteiger partial charge is 0.247 e. The molecule has 0 amide bonds. The van der Waals surface area contributed by atoms with Crippen molar-refractivity contribution >= 4 is 59.5 Å². The molecule has 362 valence electrons. The summed E-state index contributed by atoms with van der Waals surface area (Å²) in [5.74, 6) is 1.70. The summed E-state index contributed by atoms with van der Waals surface area (Å²) < 4.78 is 0. The van der Waals surface area contributed by atoms with E-state index in [1.165, 1.54) is 129 Å². The molecule has 4 aromatic heterocycles. The Kier molecular flexibility index (Phi) is 10.5. The van der Waals surface area contributed by atoms with E-state index >= 15 is 0 Å². The number of benzene rings is 6. The molecular formula is C61H48N14. The fourth-order valence-corrected chi connectivity index (χ4v) is 11.4. The second-order valence-corrected chi connectivity index (χ2v) is 20.6. The summed E-state index contributed by atoms with van der Waals surface area (Å²) >= 11 is 0. The van der Waals surface area contributed by atoms with Gasteiger partial charge in [-0.25, -0.2) is 69.6 Å². The maximum Gasteiger partial charge on any atom is 0.240 e. The number of nitrogens with zero attached hydrogens (tertiary/aromatic N) is 14. The van der Waals surface area contributed by atoms with Gasteiger partial charge in [0, 0.05) is 16.2 Å². The van der Waals surface area contributed by atoms with Gasteiger partial charge in [0.2, 0.25) is 23.8 Å². The molecule has 0 fully saturated rings. The Hall–Kier alpha value is -9.56. The highest BCUT2D eigenvalue weighted by Crippen LogP contribution is 2.53. The molecule has 10 aromatic rings. The van der Waals surface area contributed by atoms with Crippen LogP contribution >= 0.6 is 0 Å². The maximum absolute atomic E-state index is 4.43. The third-order valence-corrected chi connectivity index (χ3v) is 15.3. The van der Waals surface area contributed by atoms with Crippen LogP contribution in [0.25, 0.3) is 57.7 Å². The summed E-state index contributed by atoms with van der Waals surface area (Å²) in [5.41, 5.74) is 20.7. The minimum Gasteiger partial charge on any atom is -0.247 e. The van der Waals surface area contributed by atoms with E-state index in [0.717, 1.165) is 22.5 Å². The summed E-state index contributed by atoms with van der Waals surface area (Å²) in [6, 6.07) is 40.3.